The number of carbonyl (C=O) groups is 3. The predicted molar refractivity (Wildman–Crippen MR) is 130 cm³/mol. The number of amidine groups is 1. The molecule has 0 aliphatic carbocycles. The molecule has 2 aromatic rings. The van der Waals surface area contributed by atoms with Crippen molar-refractivity contribution < 1.29 is 56.0 Å². The average molecular weight is 581 g/mol. The summed E-state index contributed by atoms with van der Waals surface area (Å²) in [4.78, 5) is 33.1. The van der Waals surface area contributed by atoms with Gasteiger partial charge in [-0.2, -0.15) is 26.3 Å². The van der Waals surface area contributed by atoms with E-state index in [1.807, 2.05) is 30.3 Å². The number of hydrogen-bond donors (Lipinski definition) is 7. The summed E-state index contributed by atoms with van der Waals surface area (Å²) in [5, 5.41) is 30.9. The smallest absolute Gasteiger partial charge is 0.481 e. The number of nitrogens with two attached hydrogens (primary N) is 3. The van der Waals surface area contributed by atoms with Crippen LogP contribution in [0.3, 0.4) is 0 Å². The summed E-state index contributed by atoms with van der Waals surface area (Å²) in [6.45, 7) is 0. The van der Waals surface area contributed by atoms with Crippen LogP contribution in [0.15, 0.2) is 53.5 Å². The maximum Gasteiger partial charge on any atom is 0.490 e. The van der Waals surface area contributed by atoms with Gasteiger partial charge in [-0.25, -0.2) is 14.6 Å². The Morgan fingerprint density at radius 2 is 1.32 bits per heavy atom. The standard InChI is InChI=1S/C19H23N5O2.2C2HF3O2/c20-18(21)13-7-4-12(5-8-13)6-9-15(11-17(25)26)14-2-1-3-16(10-14)24-19(22)23;2*3-2(4,5)1(6)7/h1-5,7-8,10,15H,6,9,11H2,(H3,20,21)(H,25,26)(H4,22,23,24);2*(H,6,7). The van der Waals surface area contributed by atoms with Crippen molar-refractivity contribution in [2.45, 2.75) is 37.5 Å². The Morgan fingerprint density at radius 1 is 0.850 bits per heavy atom. The van der Waals surface area contributed by atoms with Crippen LogP contribution in [0.4, 0.5) is 32.0 Å². The molecule has 0 saturated carbocycles. The zero-order valence-electron chi connectivity index (χ0n) is 20.3. The molecule has 1 atom stereocenters. The fraction of sp³-hybridized carbons (Fsp3) is 0.261. The van der Waals surface area contributed by atoms with Crippen LogP contribution >= 0.6 is 0 Å². The van der Waals surface area contributed by atoms with E-state index in [1.165, 1.54) is 0 Å². The second-order valence-corrected chi connectivity index (χ2v) is 7.68. The zero-order chi connectivity index (χ0) is 31.3. The molecule has 0 aliphatic rings. The van der Waals surface area contributed by atoms with E-state index in [-0.39, 0.29) is 24.1 Å². The van der Waals surface area contributed by atoms with Gasteiger partial charge < -0.3 is 32.5 Å². The van der Waals surface area contributed by atoms with Crippen LogP contribution in [0.25, 0.3) is 0 Å². The number of alkyl halides is 6. The van der Waals surface area contributed by atoms with Gasteiger partial charge in [0.1, 0.15) is 5.84 Å². The maximum atomic E-state index is 11.3. The van der Waals surface area contributed by atoms with Crippen molar-refractivity contribution in [3.63, 3.8) is 0 Å². The second-order valence-electron chi connectivity index (χ2n) is 7.68. The van der Waals surface area contributed by atoms with E-state index >= 15 is 0 Å². The highest BCUT2D eigenvalue weighted by molar-refractivity contribution is 5.94. The van der Waals surface area contributed by atoms with Crippen molar-refractivity contribution in [3.8, 4) is 0 Å². The summed E-state index contributed by atoms with van der Waals surface area (Å²) in [6.07, 6.45) is -8.77. The van der Waals surface area contributed by atoms with Crippen molar-refractivity contribution >= 4 is 35.4 Å². The van der Waals surface area contributed by atoms with Gasteiger partial charge in [-0.3, -0.25) is 10.2 Å². The SMILES string of the molecule is N=C(N)c1ccc(CCC(CC(=O)O)c2cccc(N=C(N)N)c2)cc1.O=C(O)C(F)(F)F.O=C(O)C(F)(F)F. The Bertz CT molecular complexity index is 1170. The molecule has 11 nitrogen and oxygen atoms in total. The molecule has 2 aromatic carbocycles. The van der Waals surface area contributed by atoms with Gasteiger partial charge in [0, 0.05) is 5.56 Å². The Balaban J connectivity index is 0.000000894. The van der Waals surface area contributed by atoms with Crippen molar-refractivity contribution in [3.05, 3.63) is 65.2 Å². The minimum Gasteiger partial charge on any atom is -0.481 e. The number of halogens is 6. The highest BCUT2D eigenvalue weighted by Gasteiger charge is 2.38. The molecule has 0 radical (unpaired) electrons. The summed E-state index contributed by atoms with van der Waals surface area (Å²) in [5.74, 6) is -6.54. The van der Waals surface area contributed by atoms with Crippen LogP contribution in [0.5, 0.6) is 0 Å². The molecule has 0 spiro atoms. The van der Waals surface area contributed by atoms with E-state index in [4.69, 9.17) is 42.4 Å². The van der Waals surface area contributed by atoms with Gasteiger partial charge >= 0.3 is 30.3 Å². The Hall–Kier alpha value is -4.83. The molecule has 0 saturated heterocycles. The molecule has 1 unspecified atom stereocenters. The van der Waals surface area contributed by atoms with Gasteiger partial charge in [0.2, 0.25) is 0 Å². The number of aryl methyl sites for hydroxylation is 1. The number of hydrogen-bond acceptors (Lipinski definition) is 5. The van der Waals surface area contributed by atoms with Gasteiger partial charge in [0.05, 0.1) is 12.1 Å². The van der Waals surface area contributed by atoms with E-state index < -0.39 is 30.3 Å². The van der Waals surface area contributed by atoms with Crippen LogP contribution in [0.2, 0.25) is 0 Å². The number of carboxylic acid groups (broad SMARTS) is 3. The molecule has 2 rings (SSSR count). The topological polar surface area (TPSA) is 226 Å². The molecule has 17 heteroatoms. The van der Waals surface area contributed by atoms with Gasteiger partial charge in [-0.05, 0) is 42.0 Å². The summed E-state index contributed by atoms with van der Waals surface area (Å²) in [6, 6.07) is 14.7. The molecule has 0 aromatic heterocycles. The van der Waals surface area contributed by atoms with Crippen molar-refractivity contribution in [1.29, 1.82) is 5.41 Å². The van der Waals surface area contributed by atoms with E-state index in [1.54, 1.807) is 18.2 Å². The summed E-state index contributed by atoms with van der Waals surface area (Å²) >= 11 is 0. The number of aliphatic carboxylic acids is 3. The molecular formula is C23H25F6N5O6. The third-order valence-electron chi connectivity index (χ3n) is 4.55. The fourth-order valence-electron chi connectivity index (χ4n) is 2.79. The first-order valence-electron chi connectivity index (χ1n) is 10.7. The number of carboxylic acids is 3. The third kappa shape index (κ3) is 14.8. The van der Waals surface area contributed by atoms with Crippen LogP contribution in [-0.4, -0.2) is 57.4 Å². The minimum absolute atomic E-state index is 0.0246. The van der Waals surface area contributed by atoms with Crippen molar-refractivity contribution in [2.24, 2.45) is 22.2 Å². The Morgan fingerprint density at radius 3 is 1.70 bits per heavy atom. The first-order chi connectivity index (χ1) is 18.2. The van der Waals surface area contributed by atoms with E-state index in [0.717, 1.165) is 11.1 Å². The molecule has 0 aliphatic heterocycles. The number of benzene rings is 2. The highest BCUT2D eigenvalue weighted by atomic mass is 19.4. The largest absolute Gasteiger partial charge is 0.490 e. The molecule has 0 fully saturated rings. The highest BCUT2D eigenvalue weighted by Crippen LogP contribution is 2.28. The number of nitrogens with zero attached hydrogens (tertiary/aromatic N) is 1. The number of aliphatic imine (C=N–C) groups is 1. The fourth-order valence-corrected chi connectivity index (χ4v) is 2.79. The van der Waals surface area contributed by atoms with Gasteiger partial charge in [-0.15, -0.1) is 0 Å². The van der Waals surface area contributed by atoms with Gasteiger partial charge in [0.15, 0.2) is 5.96 Å². The Labute approximate surface area is 222 Å². The zero-order valence-corrected chi connectivity index (χ0v) is 20.3. The summed E-state index contributed by atoms with van der Waals surface area (Å²) in [7, 11) is 0. The first kappa shape index (κ1) is 35.2. The average Bonchev–Trinajstić information content (AvgIpc) is 2.81. The van der Waals surface area contributed by atoms with Crippen LogP contribution in [0.1, 0.15) is 35.4 Å². The molecule has 10 N–H and O–H groups in total. The van der Waals surface area contributed by atoms with Crippen molar-refractivity contribution in [1.82, 2.24) is 0 Å². The third-order valence-corrected chi connectivity index (χ3v) is 4.55. The molecule has 0 heterocycles. The molecule has 0 amide bonds. The quantitative estimate of drug-likeness (QED) is 0.138. The van der Waals surface area contributed by atoms with Gasteiger partial charge in [-0.1, -0.05) is 36.4 Å². The van der Waals surface area contributed by atoms with E-state index in [0.29, 0.717) is 24.1 Å². The first-order valence-corrected chi connectivity index (χ1v) is 10.7. The van der Waals surface area contributed by atoms with Crippen LogP contribution in [-0.2, 0) is 20.8 Å². The molecule has 220 valence electrons. The lowest BCUT2D eigenvalue weighted by Gasteiger charge is -2.16. The molecule has 0 bridgehead atoms. The van der Waals surface area contributed by atoms with Crippen molar-refractivity contribution in [2.75, 3.05) is 0 Å². The maximum absolute atomic E-state index is 11.3. The molecule has 40 heavy (non-hydrogen) atoms. The second kappa shape index (κ2) is 15.6. The number of guanidine groups is 1. The summed E-state index contributed by atoms with van der Waals surface area (Å²) < 4.78 is 63.5. The monoisotopic (exact) mass is 581 g/mol. The Kier molecular flexibility index (Phi) is 13.7. The minimum atomic E-state index is -5.08. The molecular weight excluding hydrogens is 556 g/mol. The lowest BCUT2D eigenvalue weighted by atomic mass is 9.89. The normalized spacial score (nSPS) is 11.4. The van der Waals surface area contributed by atoms with E-state index in [9.17, 15) is 36.2 Å². The van der Waals surface area contributed by atoms with E-state index in [2.05, 4.69) is 4.99 Å². The summed E-state index contributed by atoms with van der Waals surface area (Å²) in [5.41, 5.74) is 19.5. The predicted octanol–water partition coefficient (Wildman–Crippen LogP) is 3.33. The van der Waals surface area contributed by atoms with Crippen LogP contribution < -0.4 is 17.2 Å². The number of rotatable bonds is 8. The number of nitrogens with one attached hydrogen (secondary N) is 1. The van der Waals surface area contributed by atoms with Gasteiger partial charge in [0.25, 0.3) is 0 Å². The lowest BCUT2D eigenvalue weighted by Crippen LogP contribution is -2.21. The number of nitrogen functional groups attached to an aromatic ring is 1. The lowest BCUT2D eigenvalue weighted by molar-refractivity contribution is -0.193. The van der Waals surface area contributed by atoms with Crippen LogP contribution in [0, 0.1) is 5.41 Å².